The van der Waals surface area contributed by atoms with Gasteiger partial charge >= 0.3 is 0 Å². The molecule has 1 atom stereocenters. The number of aromatic hydroxyl groups is 1. The van der Waals surface area contributed by atoms with Crippen molar-refractivity contribution in [2.24, 2.45) is 0 Å². The number of benzene rings is 1. The standard InChI is InChI=1S/C16H22N2O3/c1-11(19)14-7-6-12(9-15(14)20)16(21)18-8-4-5-13(10-18)17(2)3/h6-7,9,13,20H,4-5,8,10H2,1-3H3. The molecule has 1 unspecified atom stereocenters. The van der Waals surface area contributed by atoms with Crippen LogP contribution in [-0.4, -0.2) is 59.8 Å². The SMILES string of the molecule is CC(=O)c1ccc(C(=O)N2CCCC(N(C)C)C2)cc1O. The smallest absolute Gasteiger partial charge is 0.254 e. The van der Waals surface area contributed by atoms with E-state index < -0.39 is 0 Å². The fraction of sp³-hybridized carbons (Fsp3) is 0.500. The number of phenolic OH excluding ortho intramolecular Hbond substituents is 1. The van der Waals surface area contributed by atoms with Crippen LogP contribution >= 0.6 is 0 Å². The van der Waals surface area contributed by atoms with Crippen LogP contribution in [0.2, 0.25) is 0 Å². The fourth-order valence-electron chi connectivity index (χ4n) is 2.71. The van der Waals surface area contributed by atoms with Crippen molar-refractivity contribution < 1.29 is 14.7 Å². The number of piperidine rings is 1. The summed E-state index contributed by atoms with van der Waals surface area (Å²) in [6.45, 7) is 2.82. The molecule has 2 rings (SSSR count). The fourth-order valence-corrected chi connectivity index (χ4v) is 2.71. The Bertz CT molecular complexity index is 554. The van der Waals surface area contributed by atoms with Crippen LogP contribution in [0.5, 0.6) is 5.75 Å². The lowest BCUT2D eigenvalue weighted by atomic mass is 10.0. The van der Waals surface area contributed by atoms with Crippen LogP contribution in [-0.2, 0) is 0 Å². The topological polar surface area (TPSA) is 60.9 Å². The zero-order valence-electron chi connectivity index (χ0n) is 12.8. The van der Waals surface area contributed by atoms with Gasteiger partial charge in [-0.15, -0.1) is 0 Å². The predicted molar refractivity (Wildman–Crippen MR) is 80.7 cm³/mol. The molecule has 1 heterocycles. The zero-order valence-corrected chi connectivity index (χ0v) is 12.8. The van der Waals surface area contributed by atoms with Gasteiger partial charge in [0.05, 0.1) is 5.56 Å². The lowest BCUT2D eigenvalue weighted by Gasteiger charge is -2.36. The van der Waals surface area contributed by atoms with Gasteiger partial charge in [-0.25, -0.2) is 0 Å². The Balaban J connectivity index is 2.16. The molecular weight excluding hydrogens is 268 g/mol. The van der Waals surface area contributed by atoms with Gasteiger partial charge in [0.15, 0.2) is 5.78 Å². The molecule has 1 aliphatic heterocycles. The van der Waals surface area contributed by atoms with Gasteiger partial charge in [-0.1, -0.05) is 0 Å². The van der Waals surface area contributed by atoms with Crippen molar-refractivity contribution in [3.63, 3.8) is 0 Å². The molecule has 21 heavy (non-hydrogen) atoms. The van der Waals surface area contributed by atoms with E-state index in [0.29, 0.717) is 18.2 Å². The average molecular weight is 290 g/mol. The van der Waals surface area contributed by atoms with Crippen LogP contribution in [0.4, 0.5) is 0 Å². The third kappa shape index (κ3) is 3.42. The lowest BCUT2D eigenvalue weighted by molar-refractivity contribution is 0.0634. The number of nitrogens with zero attached hydrogens (tertiary/aromatic N) is 2. The molecule has 0 spiro atoms. The van der Waals surface area contributed by atoms with E-state index in [0.717, 1.165) is 19.4 Å². The second kappa shape index (κ2) is 6.26. The highest BCUT2D eigenvalue weighted by Crippen LogP contribution is 2.22. The monoisotopic (exact) mass is 290 g/mol. The summed E-state index contributed by atoms with van der Waals surface area (Å²) in [4.78, 5) is 27.8. The van der Waals surface area contributed by atoms with Gasteiger partial charge in [0.1, 0.15) is 5.75 Å². The Labute approximate surface area is 125 Å². The van der Waals surface area contributed by atoms with E-state index in [-0.39, 0.29) is 23.0 Å². The number of amides is 1. The molecule has 5 heteroatoms. The summed E-state index contributed by atoms with van der Waals surface area (Å²) in [5, 5.41) is 9.85. The van der Waals surface area contributed by atoms with E-state index in [1.807, 2.05) is 19.0 Å². The quantitative estimate of drug-likeness (QED) is 0.862. The van der Waals surface area contributed by atoms with Gasteiger partial charge < -0.3 is 14.9 Å². The van der Waals surface area contributed by atoms with Crippen molar-refractivity contribution in [3.05, 3.63) is 29.3 Å². The number of ketones is 1. The third-order valence-electron chi connectivity index (χ3n) is 4.04. The summed E-state index contributed by atoms with van der Waals surface area (Å²) in [6, 6.07) is 4.88. The number of carbonyl (C=O) groups excluding carboxylic acids is 2. The highest BCUT2D eigenvalue weighted by molar-refractivity contribution is 6.00. The summed E-state index contributed by atoms with van der Waals surface area (Å²) in [5.41, 5.74) is 0.674. The minimum Gasteiger partial charge on any atom is -0.507 e. The highest BCUT2D eigenvalue weighted by atomic mass is 16.3. The van der Waals surface area contributed by atoms with Crippen molar-refractivity contribution in [2.45, 2.75) is 25.8 Å². The number of rotatable bonds is 3. The number of hydrogen-bond donors (Lipinski definition) is 1. The zero-order chi connectivity index (χ0) is 15.6. The molecule has 0 radical (unpaired) electrons. The molecule has 1 aromatic rings. The average Bonchev–Trinajstić information content (AvgIpc) is 2.46. The molecule has 0 aliphatic carbocycles. The van der Waals surface area contributed by atoms with Gasteiger partial charge in [-0.3, -0.25) is 9.59 Å². The summed E-state index contributed by atoms with van der Waals surface area (Å²) >= 11 is 0. The minimum absolute atomic E-state index is 0.0908. The van der Waals surface area contributed by atoms with Crippen molar-refractivity contribution in [1.82, 2.24) is 9.80 Å². The second-order valence-corrected chi connectivity index (χ2v) is 5.80. The van der Waals surface area contributed by atoms with E-state index in [9.17, 15) is 14.7 Å². The molecule has 1 saturated heterocycles. The Morgan fingerprint density at radius 1 is 1.33 bits per heavy atom. The third-order valence-corrected chi connectivity index (χ3v) is 4.04. The molecule has 1 aliphatic rings. The molecule has 1 amide bonds. The predicted octanol–water partition coefficient (Wildman–Crippen LogP) is 1.76. The Kier molecular flexibility index (Phi) is 4.63. The first-order valence-electron chi connectivity index (χ1n) is 7.20. The van der Waals surface area contributed by atoms with Crippen LogP contribution in [0.25, 0.3) is 0 Å². The molecular formula is C16H22N2O3. The molecule has 1 N–H and O–H groups in total. The van der Waals surface area contributed by atoms with E-state index in [2.05, 4.69) is 4.90 Å². The normalized spacial score (nSPS) is 18.9. The molecule has 5 nitrogen and oxygen atoms in total. The number of Topliss-reactive ketones (excluding diaryl/α,β-unsaturated/α-hetero) is 1. The van der Waals surface area contributed by atoms with Crippen molar-refractivity contribution in [1.29, 1.82) is 0 Å². The number of phenols is 1. The van der Waals surface area contributed by atoms with Gasteiger partial charge in [0.2, 0.25) is 0 Å². The van der Waals surface area contributed by atoms with Gasteiger partial charge in [-0.2, -0.15) is 0 Å². The summed E-state index contributed by atoms with van der Waals surface area (Å²) in [7, 11) is 4.04. The summed E-state index contributed by atoms with van der Waals surface area (Å²) in [5.74, 6) is -0.432. The molecule has 0 bridgehead atoms. The lowest BCUT2D eigenvalue weighted by Crippen LogP contribution is -2.47. The molecule has 1 aromatic carbocycles. The van der Waals surface area contributed by atoms with Crippen LogP contribution in [0.1, 0.15) is 40.5 Å². The Morgan fingerprint density at radius 3 is 2.62 bits per heavy atom. The van der Waals surface area contributed by atoms with Gasteiger partial charge in [0.25, 0.3) is 5.91 Å². The maximum Gasteiger partial charge on any atom is 0.254 e. The van der Waals surface area contributed by atoms with Gasteiger partial charge in [-0.05, 0) is 52.1 Å². The van der Waals surface area contributed by atoms with Crippen molar-refractivity contribution >= 4 is 11.7 Å². The Morgan fingerprint density at radius 2 is 2.05 bits per heavy atom. The highest BCUT2D eigenvalue weighted by Gasteiger charge is 2.26. The maximum atomic E-state index is 12.5. The molecule has 0 saturated carbocycles. The molecule has 1 fully saturated rings. The van der Waals surface area contributed by atoms with Crippen LogP contribution in [0, 0.1) is 0 Å². The minimum atomic E-state index is -0.211. The van der Waals surface area contributed by atoms with E-state index in [1.165, 1.54) is 19.1 Å². The van der Waals surface area contributed by atoms with E-state index in [1.54, 1.807) is 6.07 Å². The number of carbonyl (C=O) groups is 2. The molecule has 114 valence electrons. The first-order chi connectivity index (χ1) is 9.90. The van der Waals surface area contributed by atoms with Crippen LogP contribution < -0.4 is 0 Å². The van der Waals surface area contributed by atoms with Gasteiger partial charge in [0, 0.05) is 24.7 Å². The summed E-state index contributed by atoms with van der Waals surface area (Å²) in [6.07, 6.45) is 2.07. The van der Waals surface area contributed by atoms with E-state index in [4.69, 9.17) is 0 Å². The van der Waals surface area contributed by atoms with E-state index >= 15 is 0 Å². The number of likely N-dealkylation sites (tertiary alicyclic amines) is 1. The Hall–Kier alpha value is -1.88. The molecule has 0 aromatic heterocycles. The number of likely N-dealkylation sites (N-methyl/N-ethyl adjacent to an activating group) is 1. The van der Waals surface area contributed by atoms with Crippen LogP contribution in [0.15, 0.2) is 18.2 Å². The van der Waals surface area contributed by atoms with Crippen molar-refractivity contribution in [2.75, 3.05) is 27.2 Å². The maximum absolute atomic E-state index is 12.5. The largest absolute Gasteiger partial charge is 0.507 e. The first kappa shape index (κ1) is 15.5. The van der Waals surface area contributed by atoms with Crippen molar-refractivity contribution in [3.8, 4) is 5.75 Å². The summed E-state index contributed by atoms with van der Waals surface area (Å²) < 4.78 is 0. The van der Waals surface area contributed by atoms with Crippen LogP contribution in [0.3, 0.4) is 0 Å². The first-order valence-corrected chi connectivity index (χ1v) is 7.20. The second-order valence-electron chi connectivity index (χ2n) is 5.80. The number of hydrogen-bond acceptors (Lipinski definition) is 4.